The molecule has 15 heteroatoms. The molecule has 3 aliphatic heterocycles. The van der Waals surface area contributed by atoms with E-state index in [1.165, 1.54) is 16.9 Å². The first-order valence-electron chi connectivity index (χ1n) is 13.2. The van der Waals surface area contributed by atoms with Gasteiger partial charge in [-0.2, -0.15) is 0 Å². The predicted molar refractivity (Wildman–Crippen MR) is 143 cm³/mol. The minimum Gasteiger partial charge on any atom is -0.486 e. The van der Waals surface area contributed by atoms with E-state index in [1.54, 1.807) is 18.2 Å². The first kappa shape index (κ1) is 28.7. The van der Waals surface area contributed by atoms with Crippen molar-refractivity contribution in [3.63, 3.8) is 0 Å². The van der Waals surface area contributed by atoms with Crippen molar-refractivity contribution in [2.75, 3.05) is 75.9 Å². The van der Waals surface area contributed by atoms with E-state index in [1.807, 2.05) is 0 Å². The molecule has 0 bridgehead atoms. The van der Waals surface area contributed by atoms with Crippen molar-refractivity contribution >= 4 is 35.4 Å². The molecule has 0 saturated carbocycles. The second-order valence-electron chi connectivity index (χ2n) is 9.66. The first-order valence-corrected chi connectivity index (χ1v) is 13.2. The lowest BCUT2D eigenvalue weighted by atomic mass is 10.1. The van der Waals surface area contributed by atoms with Gasteiger partial charge in [-0.15, -0.1) is 0 Å². The maximum absolute atomic E-state index is 15.1. The van der Waals surface area contributed by atoms with Crippen LogP contribution in [-0.4, -0.2) is 101 Å². The molecule has 42 heavy (non-hydrogen) atoms. The number of hydrogen-bond acceptors (Lipinski definition) is 9. The van der Waals surface area contributed by atoms with Crippen LogP contribution < -0.4 is 29.9 Å². The molecule has 0 spiro atoms. The molecule has 1 unspecified atom stereocenters. The van der Waals surface area contributed by atoms with Gasteiger partial charge in [0.15, 0.2) is 23.1 Å². The number of rotatable bonds is 7. The maximum Gasteiger partial charge on any atom is 0.414 e. The number of carbonyl (C=O) groups is 4. The number of anilines is 2. The lowest BCUT2D eigenvalue weighted by Gasteiger charge is -2.36. The Morgan fingerprint density at radius 3 is 2.36 bits per heavy atom. The van der Waals surface area contributed by atoms with E-state index in [-0.39, 0.29) is 63.1 Å². The van der Waals surface area contributed by atoms with Crippen LogP contribution in [0, 0.1) is 11.6 Å². The highest BCUT2D eigenvalue weighted by atomic mass is 19.1. The third-order valence-electron chi connectivity index (χ3n) is 7.00. The standard InChI is InChI=1S/C27H29F2N5O8/c1-39-26(37)31-13-18-15-34(27(38)42-18)17-11-19(28)24(20(29)12-17)33-6-4-32(5-7-33)23(35)14-30-25(36)16-2-3-21-22(10-16)41-9-8-40-21/h2-3,10-12,18H,4-9,13-15H2,1H3,(H,30,36)(H,31,37). The van der Waals surface area contributed by atoms with E-state index in [4.69, 9.17) is 14.2 Å². The van der Waals surface area contributed by atoms with Gasteiger partial charge in [-0.05, 0) is 18.2 Å². The number of carbonyl (C=O) groups excluding carboxylic acids is 4. The number of hydrogen-bond donors (Lipinski definition) is 2. The summed E-state index contributed by atoms with van der Waals surface area (Å²) in [7, 11) is 1.19. The zero-order valence-electron chi connectivity index (χ0n) is 22.7. The Labute approximate surface area is 239 Å². The summed E-state index contributed by atoms with van der Waals surface area (Å²) in [5.41, 5.74) is 0.0259. The Balaban J connectivity index is 1.13. The Morgan fingerprint density at radius 2 is 1.67 bits per heavy atom. The number of alkyl carbamates (subject to hydrolysis) is 1. The zero-order chi connectivity index (χ0) is 29.8. The summed E-state index contributed by atoms with van der Waals surface area (Å²) >= 11 is 0. The second kappa shape index (κ2) is 12.4. The fourth-order valence-electron chi connectivity index (χ4n) is 4.85. The largest absolute Gasteiger partial charge is 0.486 e. The summed E-state index contributed by atoms with van der Waals surface area (Å²) in [6.45, 7) is 1.21. The average molecular weight is 590 g/mol. The van der Waals surface area contributed by atoms with Crippen molar-refractivity contribution in [1.29, 1.82) is 0 Å². The molecule has 2 aromatic rings. The van der Waals surface area contributed by atoms with Crippen LogP contribution in [0.15, 0.2) is 30.3 Å². The van der Waals surface area contributed by atoms with Crippen molar-refractivity contribution in [2.45, 2.75) is 6.10 Å². The number of fused-ring (bicyclic) bond motifs is 1. The van der Waals surface area contributed by atoms with Crippen LogP contribution in [0.4, 0.5) is 29.7 Å². The van der Waals surface area contributed by atoms with Gasteiger partial charge in [0.25, 0.3) is 5.91 Å². The zero-order valence-corrected chi connectivity index (χ0v) is 22.7. The molecule has 0 aliphatic carbocycles. The smallest absolute Gasteiger partial charge is 0.414 e. The minimum absolute atomic E-state index is 0.0208. The third-order valence-corrected chi connectivity index (χ3v) is 7.00. The van der Waals surface area contributed by atoms with Crippen molar-refractivity contribution in [2.24, 2.45) is 0 Å². The summed E-state index contributed by atoms with van der Waals surface area (Å²) in [4.78, 5) is 52.8. The highest BCUT2D eigenvalue weighted by Gasteiger charge is 2.34. The Kier molecular flexibility index (Phi) is 8.45. The lowest BCUT2D eigenvalue weighted by Crippen LogP contribution is -2.51. The number of amides is 4. The van der Waals surface area contributed by atoms with E-state index in [2.05, 4.69) is 15.4 Å². The van der Waals surface area contributed by atoms with E-state index >= 15 is 8.78 Å². The van der Waals surface area contributed by atoms with E-state index in [0.717, 1.165) is 17.0 Å². The molecule has 0 radical (unpaired) electrons. The van der Waals surface area contributed by atoms with Gasteiger partial charge in [-0.3, -0.25) is 14.5 Å². The van der Waals surface area contributed by atoms with Crippen molar-refractivity contribution in [3.05, 3.63) is 47.5 Å². The molecule has 1 atom stereocenters. The van der Waals surface area contributed by atoms with Gasteiger partial charge in [0, 0.05) is 43.9 Å². The SMILES string of the molecule is COC(=O)NCC1CN(c2cc(F)c(N3CCN(C(=O)CNC(=O)c4ccc5c(c4)OCCO5)CC3)c(F)c2)C(=O)O1. The number of nitrogens with zero attached hydrogens (tertiary/aromatic N) is 3. The highest BCUT2D eigenvalue weighted by molar-refractivity contribution is 5.97. The van der Waals surface area contributed by atoms with Gasteiger partial charge in [-0.1, -0.05) is 0 Å². The van der Waals surface area contributed by atoms with Crippen molar-refractivity contribution in [1.82, 2.24) is 15.5 Å². The fraction of sp³-hybridized carbons (Fsp3) is 0.407. The molecule has 2 fully saturated rings. The number of halogens is 2. The van der Waals surface area contributed by atoms with Crippen molar-refractivity contribution in [3.8, 4) is 11.5 Å². The molecule has 3 heterocycles. The summed E-state index contributed by atoms with van der Waals surface area (Å²) in [6.07, 6.45) is -2.22. The topological polar surface area (TPSA) is 139 Å². The molecule has 224 valence electrons. The van der Waals surface area contributed by atoms with Crippen LogP contribution in [0.25, 0.3) is 0 Å². The number of benzene rings is 2. The van der Waals surface area contributed by atoms with Gasteiger partial charge in [0.05, 0.1) is 32.4 Å². The molecule has 13 nitrogen and oxygen atoms in total. The normalized spacial score (nSPS) is 17.9. The molecule has 2 aromatic carbocycles. The molecule has 2 saturated heterocycles. The van der Waals surface area contributed by atoms with Crippen molar-refractivity contribution < 1.29 is 46.9 Å². The fourth-order valence-corrected chi connectivity index (χ4v) is 4.85. The summed E-state index contributed by atoms with van der Waals surface area (Å²) in [5, 5.41) is 5.00. The van der Waals surface area contributed by atoms with Gasteiger partial charge in [0.1, 0.15) is 25.0 Å². The highest BCUT2D eigenvalue weighted by Crippen LogP contribution is 2.32. The summed E-state index contributed by atoms with van der Waals surface area (Å²) < 4.78 is 50.8. The summed E-state index contributed by atoms with van der Waals surface area (Å²) in [6, 6.07) is 6.85. The Morgan fingerprint density at radius 1 is 0.976 bits per heavy atom. The molecular formula is C27H29F2N5O8. The van der Waals surface area contributed by atoms with E-state index in [9.17, 15) is 19.2 Å². The lowest BCUT2D eigenvalue weighted by molar-refractivity contribution is -0.130. The summed E-state index contributed by atoms with van der Waals surface area (Å²) in [5.74, 6) is -1.52. The number of methoxy groups -OCH3 is 1. The van der Waals surface area contributed by atoms with Gasteiger partial charge in [-0.25, -0.2) is 18.4 Å². The monoisotopic (exact) mass is 589 g/mol. The quantitative estimate of drug-likeness (QED) is 0.492. The van der Waals surface area contributed by atoms with E-state index in [0.29, 0.717) is 30.3 Å². The van der Waals surface area contributed by atoms with Crippen LogP contribution in [-0.2, 0) is 14.3 Å². The van der Waals surface area contributed by atoms with Crippen LogP contribution in [0.3, 0.4) is 0 Å². The second-order valence-corrected chi connectivity index (χ2v) is 9.66. The third kappa shape index (κ3) is 6.24. The van der Waals surface area contributed by atoms with Crippen LogP contribution in [0.5, 0.6) is 11.5 Å². The van der Waals surface area contributed by atoms with Gasteiger partial charge in [0.2, 0.25) is 5.91 Å². The molecule has 4 amide bonds. The Hall–Kier alpha value is -4.82. The van der Waals surface area contributed by atoms with Gasteiger partial charge < -0.3 is 39.4 Å². The number of ether oxygens (including phenoxy) is 4. The molecule has 5 rings (SSSR count). The molecule has 2 N–H and O–H groups in total. The first-order chi connectivity index (χ1) is 20.2. The van der Waals surface area contributed by atoms with Crippen LogP contribution >= 0.6 is 0 Å². The number of cyclic esters (lactones) is 1. The van der Waals surface area contributed by atoms with E-state index < -0.39 is 35.8 Å². The van der Waals surface area contributed by atoms with Gasteiger partial charge >= 0.3 is 12.2 Å². The van der Waals surface area contributed by atoms with Crippen LogP contribution in [0.1, 0.15) is 10.4 Å². The molecule has 3 aliphatic rings. The molecular weight excluding hydrogens is 560 g/mol. The maximum atomic E-state index is 15.1. The Bertz CT molecular complexity index is 1360. The molecule has 0 aromatic heterocycles. The number of piperazine rings is 1. The minimum atomic E-state index is -0.875. The number of nitrogens with one attached hydrogen (secondary N) is 2. The van der Waals surface area contributed by atoms with Crippen LogP contribution in [0.2, 0.25) is 0 Å². The average Bonchev–Trinajstić information content (AvgIpc) is 3.38. The predicted octanol–water partition coefficient (Wildman–Crippen LogP) is 1.50.